The molecule has 0 aliphatic heterocycles. The van der Waals surface area contributed by atoms with Crippen LogP contribution in [0.25, 0.3) is 11.1 Å². The van der Waals surface area contributed by atoms with Crippen molar-refractivity contribution in [3.05, 3.63) is 55.6 Å². The number of hydrogen-bond donors (Lipinski definition) is 0. The van der Waals surface area contributed by atoms with Crippen molar-refractivity contribution in [2.45, 2.75) is 6.18 Å². The third-order valence-corrected chi connectivity index (χ3v) is 4.24. The average Bonchev–Trinajstić information content (AvgIpc) is 2.28. The van der Waals surface area contributed by atoms with Gasteiger partial charge in [-0.15, -0.1) is 0 Å². The Hall–Kier alpha value is -0.460. The number of benzene rings is 2. The van der Waals surface area contributed by atoms with E-state index in [1.807, 2.05) is 0 Å². The van der Waals surface area contributed by atoms with E-state index in [9.17, 15) is 13.2 Å². The lowest BCUT2D eigenvalue weighted by Gasteiger charge is -2.13. The predicted octanol–water partition coefficient (Wildman–Crippen LogP) is 6.28. The lowest BCUT2D eigenvalue weighted by Crippen LogP contribution is -2.08. The molecule has 0 amide bonds. The second kappa shape index (κ2) is 5.50. The molecule has 6 heteroatoms. The Kier molecular flexibility index (Phi) is 4.32. The van der Waals surface area contributed by atoms with Gasteiger partial charge in [0, 0.05) is 19.2 Å². The van der Waals surface area contributed by atoms with Crippen molar-refractivity contribution in [1.29, 1.82) is 0 Å². The van der Waals surface area contributed by atoms with Crippen molar-refractivity contribution < 1.29 is 13.2 Å². The summed E-state index contributed by atoms with van der Waals surface area (Å²) in [6, 6.07) is 8.74. The lowest BCUT2D eigenvalue weighted by molar-refractivity contribution is -0.138. The first-order valence-electron chi connectivity index (χ1n) is 5.12. The van der Waals surface area contributed by atoms with Crippen LogP contribution in [0.2, 0.25) is 10.0 Å². The molecule has 19 heavy (non-hydrogen) atoms. The molecule has 0 bridgehead atoms. The zero-order valence-corrected chi connectivity index (χ0v) is 12.9. The van der Waals surface area contributed by atoms with Crippen LogP contribution in [-0.2, 0) is 6.18 Å². The van der Waals surface area contributed by atoms with Crippen molar-refractivity contribution in [1.82, 2.24) is 0 Å². The van der Waals surface area contributed by atoms with Crippen LogP contribution in [0.15, 0.2) is 36.4 Å². The number of hydrogen-bond acceptors (Lipinski definition) is 0. The van der Waals surface area contributed by atoms with Gasteiger partial charge < -0.3 is 0 Å². The molecule has 0 aliphatic rings. The van der Waals surface area contributed by atoms with E-state index < -0.39 is 11.7 Å². The first-order chi connectivity index (χ1) is 8.80. The molecular weight excluding hydrogens is 411 g/mol. The minimum atomic E-state index is -4.38. The van der Waals surface area contributed by atoms with Gasteiger partial charge in [0.2, 0.25) is 0 Å². The van der Waals surface area contributed by atoms with E-state index in [1.165, 1.54) is 12.1 Å². The highest BCUT2D eigenvalue weighted by molar-refractivity contribution is 14.1. The summed E-state index contributed by atoms with van der Waals surface area (Å²) in [4.78, 5) is 0. The maximum absolute atomic E-state index is 12.9. The van der Waals surface area contributed by atoms with Gasteiger partial charge in [-0.2, -0.15) is 13.2 Å². The highest BCUT2D eigenvalue weighted by Crippen LogP contribution is 2.39. The molecule has 0 radical (unpaired) electrons. The molecule has 0 saturated heterocycles. The van der Waals surface area contributed by atoms with E-state index >= 15 is 0 Å². The Balaban J connectivity index is 2.64. The van der Waals surface area contributed by atoms with Crippen LogP contribution >= 0.6 is 45.8 Å². The van der Waals surface area contributed by atoms with Gasteiger partial charge in [0.1, 0.15) is 0 Å². The summed E-state index contributed by atoms with van der Waals surface area (Å²) in [5, 5.41) is 0.764. The van der Waals surface area contributed by atoms with E-state index in [-0.39, 0.29) is 3.57 Å². The summed E-state index contributed by atoms with van der Waals surface area (Å²) in [6.45, 7) is 0. The minimum Gasteiger partial charge on any atom is -0.166 e. The third-order valence-electron chi connectivity index (χ3n) is 2.53. The Morgan fingerprint density at radius 2 is 1.63 bits per heavy atom. The summed E-state index contributed by atoms with van der Waals surface area (Å²) in [5.74, 6) is 0. The van der Waals surface area contributed by atoms with Crippen molar-refractivity contribution in [2.75, 3.05) is 0 Å². The molecule has 0 saturated carbocycles. The predicted molar refractivity (Wildman–Crippen MR) is 79.6 cm³/mol. The fourth-order valence-corrected chi connectivity index (χ4v) is 3.13. The largest absolute Gasteiger partial charge is 0.417 e. The van der Waals surface area contributed by atoms with Crippen molar-refractivity contribution in [3.8, 4) is 11.1 Å². The molecule has 0 atom stereocenters. The smallest absolute Gasteiger partial charge is 0.166 e. The van der Waals surface area contributed by atoms with Gasteiger partial charge in [-0.3, -0.25) is 0 Å². The Morgan fingerprint density at radius 3 is 2.21 bits per heavy atom. The quantitative estimate of drug-likeness (QED) is 0.479. The van der Waals surface area contributed by atoms with Crippen LogP contribution < -0.4 is 0 Å². The van der Waals surface area contributed by atoms with Gasteiger partial charge in [0.25, 0.3) is 0 Å². The zero-order valence-electron chi connectivity index (χ0n) is 9.23. The number of halogens is 6. The molecule has 0 fully saturated rings. The third kappa shape index (κ3) is 3.17. The lowest BCUT2D eigenvalue weighted by atomic mass is 10.0. The number of alkyl halides is 3. The van der Waals surface area contributed by atoms with Crippen LogP contribution in [0.4, 0.5) is 13.2 Å². The standard InChI is InChI=1S/C13H6Cl2F3I/c14-7-4-5-8(11(15)6-7)9-2-1-3-10(12(9)19)13(16,17)18/h1-6H. The fraction of sp³-hybridized carbons (Fsp3) is 0.0769. The van der Waals surface area contributed by atoms with Gasteiger partial charge >= 0.3 is 6.18 Å². The molecule has 2 aromatic rings. The first-order valence-corrected chi connectivity index (χ1v) is 6.95. The summed E-state index contributed by atoms with van der Waals surface area (Å²) in [5.41, 5.74) is 0.301. The maximum Gasteiger partial charge on any atom is 0.417 e. The second-order valence-corrected chi connectivity index (χ2v) is 5.71. The number of rotatable bonds is 1. The average molecular weight is 417 g/mol. The molecule has 0 spiro atoms. The van der Waals surface area contributed by atoms with Crippen molar-refractivity contribution >= 4 is 45.8 Å². The maximum atomic E-state index is 12.9. The Morgan fingerprint density at radius 1 is 0.947 bits per heavy atom. The van der Waals surface area contributed by atoms with E-state index in [0.29, 0.717) is 21.2 Å². The molecular formula is C13H6Cl2F3I. The second-order valence-electron chi connectivity index (χ2n) is 3.79. The van der Waals surface area contributed by atoms with Crippen molar-refractivity contribution in [3.63, 3.8) is 0 Å². The normalized spacial score (nSPS) is 11.7. The summed E-state index contributed by atoms with van der Waals surface area (Å²) >= 11 is 13.5. The molecule has 0 unspecified atom stereocenters. The van der Waals surface area contributed by atoms with E-state index in [2.05, 4.69) is 0 Å². The van der Waals surface area contributed by atoms with Gasteiger partial charge in [0.05, 0.1) is 5.56 Å². The minimum absolute atomic E-state index is 0.122. The molecule has 0 aromatic heterocycles. The fourth-order valence-electron chi connectivity index (χ4n) is 1.67. The van der Waals surface area contributed by atoms with Gasteiger partial charge in [0.15, 0.2) is 0 Å². The van der Waals surface area contributed by atoms with Crippen LogP contribution in [0.1, 0.15) is 5.56 Å². The van der Waals surface area contributed by atoms with Crippen LogP contribution in [-0.4, -0.2) is 0 Å². The Bertz CT molecular complexity index is 624. The SMILES string of the molecule is FC(F)(F)c1cccc(-c2ccc(Cl)cc2Cl)c1I. The van der Waals surface area contributed by atoms with E-state index in [0.717, 1.165) is 6.07 Å². The van der Waals surface area contributed by atoms with Gasteiger partial charge in [-0.25, -0.2) is 0 Å². The topological polar surface area (TPSA) is 0 Å². The molecule has 2 rings (SSSR count). The molecule has 0 heterocycles. The molecule has 2 aromatic carbocycles. The molecule has 100 valence electrons. The zero-order chi connectivity index (χ0) is 14.2. The van der Waals surface area contributed by atoms with Crippen LogP contribution in [0.3, 0.4) is 0 Å². The molecule has 0 aliphatic carbocycles. The van der Waals surface area contributed by atoms with Gasteiger partial charge in [-0.1, -0.05) is 41.4 Å². The van der Waals surface area contributed by atoms with E-state index in [4.69, 9.17) is 23.2 Å². The van der Waals surface area contributed by atoms with E-state index in [1.54, 1.807) is 40.8 Å². The van der Waals surface area contributed by atoms with Crippen molar-refractivity contribution in [2.24, 2.45) is 0 Å². The molecule has 0 N–H and O–H groups in total. The summed E-state index contributed by atoms with van der Waals surface area (Å²) < 4.78 is 38.7. The molecule has 0 nitrogen and oxygen atoms in total. The first kappa shape index (κ1) is 14.9. The van der Waals surface area contributed by atoms with Crippen LogP contribution in [0, 0.1) is 3.57 Å². The highest BCUT2D eigenvalue weighted by atomic mass is 127. The van der Waals surface area contributed by atoms with Gasteiger partial charge in [-0.05, 0) is 46.4 Å². The monoisotopic (exact) mass is 416 g/mol. The summed E-state index contributed by atoms with van der Waals surface area (Å²) in [6.07, 6.45) is -4.38. The highest BCUT2D eigenvalue weighted by Gasteiger charge is 2.33. The Labute approximate surface area is 131 Å². The summed E-state index contributed by atoms with van der Waals surface area (Å²) in [7, 11) is 0. The van der Waals surface area contributed by atoms with Crippen LogP contribution in [0.5, 0.6) is 0 Å².